The second-order valence-electron chi connectivity index (χ2n) is 8.35. The van der Waals surface area contributed by atoms with E-state index in [2.05, 4.69) is 15.7 Å². The molecule has 2 N–H and O–H groups in total. The van der Waals surface area contributed by atoms with Gasteiger partial charge in [0.25, 0.3) is 17.7 Å². The lowest BCUT2D eigenvalue weighted by Crippen LogP contribution is -2.54. The molecule has 3 heterocycles. The van der Waals surface area contributed by atoms with Crippen LogP contribution in [0, 0.1) is 0 Å². The summed E-state index contributed by atoms with van der Waals surface area (Å²) in [7, 11) is 1.83. The van der Waals surface area contributed by atoms with Crippen molar-refractivity contribution in [2.45, 2.75) is 44.2 Å². The summed E-state index contributed by atoms with van der Waals surface area (Å²) in [6.45, 7) is 0.279. The van der Waals surface area contributed by atoms with Gasteiger partial charge in [0, 0.05) is 24.9 Å². The van der Waals surface area contributed by atoms with Crippen LogP contribution >= 0.6 is 0 Å². The maximum atomic E-state index is 12.9. The Morgan fingerprint density at radius 2 is 1.84 bits per heavy atom. The Balaban J connectivity index is 1.31. The largest absolute Gasteiger partial charge is 0.346 e. The minimum Gasteiger partial charge on any atom is -0.346 e. The van der Waals surface area contributed by atoms with Gasteiger partial charge in [0.2, 0.25) is 11.8 Å². The van der Waals surface area contributed by atoms with E-state index in [0.29, 0.717) is 5.92 Å². The number of benzene rings is 1. The summed E-state index contributed by atoms with van der Waals surface area (Å²) in [6.07, 6.45) is 2.41. The highest BCUT2D eigenvalue weighted by atomic mass is 16.2. The number of amides is 5. The Morgan fingerprint density at radius 1 is 1.09 bits per heavy atom. The van der Waals surface area contributed by atoms with E-state index in [-0.39, 0.29) is 42.0 Å². The third kappa shape index (κ3) is 3.37. The second-order valence-corrected chi connectivity index (χ2v) is 8.35. The maximum absolute atomic E-state index is 12.9. The zero-order chi connectivity index (χ0) is 22.6. The van der Waals surface area contributed by atoms with Crippen molar-refractivity contribution in [3.05, 3.63) is 52.3 Å². The lowest BCUT2D eigenvalue weighted by molar-refractivity contribution is -0.136. The van der Waals surface area contributed by atoms with Crippen molar-refractivity contribution >= 4 is 29.5 Å². The molecule has 1 unspecified atom stereocenters. The van der Waals surface area contributed by atoms with Gasteiger partial charge in [0.15, 0.2) is 0 Å². The number of rotatable bonds is 5. The molecule has 0 spiro atoms. The molecule has 1 saturated heterocycles. The molecule has 1 aliphatic carbocycles. The standard InChI is InChI=1S/C22H21N5O5/c1-26-13(9-16(25-26)11-2-3-11)10-23-19(29)12-4-5-14-15(8-12)22(32)27(21(14)31)17-6-7-18(28)24-20(17)30/h4-5,8-9,11,17H,2-3,6-7,10H2,1H3,(H,23,29)(H,24,28,30). The third-order valence-electron chi connectivity index (χ3n) is 6.12. The quantitative estimate of drug-likeness (QED) is 0.663. The predicted octanol–water partition coefficient (Wildman–Crippen LogP) is 0.629. The molecule has 1 aromatic heterocycles. The molecule has 5 amide bonds. The third-order valence-corrected chi connectivity index (χ3v) is 6.12. The van der Waals surface area contributed by atoms with E-state index in [1.807, 2.05) is 13.1 Å². The number of imide groups is 2. The zero-order valence-electron chi connectivity index (χ0n) is 17.4. The number of hydrogen-bond donors (Lipinski definition) is 2. The van der Waals surface area contributed by atoms with Crippen molar-refractivity contribution in [2.75, 3.05) is 0 Å². The number of aryl methyl sites for hydroxylation is 1. The molecule has 5 rings (SSSR count). The van der Waals surface area contributed by atoms with Gasteiger partial charge >= 0.3 is 0 Å². The number of hydrogen-bond acceptors (Lipinski definition) is 6. The first-order valence-electron chi connectivity index (χ1n) is 10.5. The highest BCUT2D eigenvalue weighted by Crippen LogP contribution is 2.39. The molecule has 1 atom stereocenters. The number of aromatic nitrogens is 2. The Morgan fingerprint density at radius 3 is 2.56 bits per heavy atom. The number of nitrogens with zero attached hydrogens (tertiary/aromatic N) is 3. The summed E-state index contributed by atoms with van der Waals surface area (Å²) < 4.78 is 1.75. The molecule has 10 nitrogen and oxygen atoms in total. The van der Waals surface area contributed by atoms with Crippen LogP contribution in [-0.2, 0) is 23.2 Å². The first-order valence-corrected chi connectivity index (χ1v) is 10.5. The van der Waals surface area contributed by atoms with Gasteiger partial charge in [0.1, 0.15) is 6.04 Å². The smallest absolute Gasteiger partial charge is 0.262 e. The molecule has 2 aromatic rings. The van der Waals surface area contributed by atoms with Crippen molar-refractivity contribution in [3.8, 4) is 0 Å². The van der Waals surface area contributed by atoms with Crippen LogP contribution in [0.4, 0.5) is 0 Å². The highest BCUT2D eigenvalue weighted by Gasteiger charge is 2.44. The van der Waals surface area contributed by atoms with Crippen molar-refractivity contribution in [1.29, 1.82) is 0 Å². The van der Waals surface area contributed by atoms with E-state index < -0.39 is 29.7 Å². The van der Waals surface area contributed by atoms with Crippen LogP contribution in [0.1, 0.15) is 74.1 Å². The summed E-state index contributed by atoms with van der Waals surface area (Å²) in [5.74, 6) is -2.22. The zero-order valence-corrected chi connectivity index (χ0v) is 17.4. The summed E-state index contributed by atoms with van der Waals surface area (Å²) in [6, 6.07) is 5.22. The lowest BCUT2D eigenvalue weighted by atomic mass is 10.0. The summed E-state index contributed by atoms with van der Waals surface area (Å²) in [4.78, 5) is 62.8. The number of carbonyl (C=O) groups excluding carboxylic acids is 5. The molecule has 0 bridgehead atoms. The molecule has 2 aliphatic heterocycles. The van der Waals surface area contributed by atoms with Crippen LogP contribution in [0.2, 0.25) is 0 Å². The molecule has 3 aliphatic rings. The fourth-order valence-corrected chi connectivity index (χ4v) is 4.16. The van der Waals surface area contributed by atoms with Gasteiger partial charge in [-0.05, 0) is 43.5 Å². The fraction of sp³-hybridized carbons (Fsp3) is 0.364. The average molecular weight is 435 g/mol. The van der Waals surface area contributed by atoms with Gasteiger partial charge in [-0.3, -0.25) is 38.9 Å². The molecule has 164 valence electrons. The van der Waals surface area contributed by atoms with Gasteiger partial charge in [-0.15, -0.1) is 0 Å². The first kappa shape index (κ1) is 20.1. The van der Waals surface area contributed by atoms with E-state index in [1.165, 1.54) is 18.2 Å². The van der Waals surface area contributed by atoms with Crippen LogP contribution in [0.3, 0.4) is 0 Å². The van der Waals surface area contributed by atoms with Gasteiger partial charge < -0.3 is 5.32 Å². The normalized spacial score (nSPS) is 20.4. The van der Waals surface area contributed by atoms with Crippen molar-refractivity contribution < 1.29 is 24.0 Å². The maximum Gasteiger partial charge on any atom is 0.262 e. The van der Waals surface area contributed by atoms with E-state index in [1.54, 1.807) is 4.68 Å². The topological polar surface area (TPSA) is 130 Å². The molecular formula is C22H21N5O5. The van der Waals surface area contributed by atoms with Crippen molar-refractivity contribution in [1.82, 2.24) is 25.3 Å². The van der Waals surface area contributed by atoms with Gasteiger partial charge in [0.05, 0.1) is 29.1 Å². The van der Waals surface area contributed by atoms with Gasteiger partial charge in [-0.2, -0.15) is 5.10 Å². The molecular weight excluding hydrogens is 414 g/mol. The summed E-state index contributed by atoms with van der Waals surface area (Å²) >= 11 is 0. The molecule has 0 radical (unpaired) electrons. The fourth-order valence-electron chi connectivity index (χ4n) is 4.16. The Hall–Kier alpha value is -3.82. The first-order chi connectivity index (χ1) is 15.3. The summed E-state index contributed by atoms with van der Waals surface area (Å²) in [5, 5.41) is 9.46. The SMILES string of the molecule is Cn1nc(C2CC2)cc1CNC(=O)c1ccc2c(c1)C(=O)N(C1CCC(=O)NC1=O)C2=O. The average Bonchev–Trinajstić information content (AvgIpc) is 3.51. The van der Waals surface area contributed by atoms with Crippen LogP contribution in [0.15, 0.2) is 24.3 Å². The van der Waals surface area contributed by atoms with Gasteiger partial charge in [-0.25, -0.2) is 0 Å². The van der Waals surface area contributed by atoms with Crippen LogP contribution in [-0.4, -0.2) is 50.3 Å². The van der Waals surface area contributed by atoms with Crippen molar-refractivity contribution in [2.24, 2.45) is 7.05 Å². The van der Waals surface area contributed by atoms with E-state index in [4.69, 9.17) is 0 Å². The Bertz CT molecular complexity index is 1200. The van der Waals surface area contributed by atoms with Gasteiger partial charge in [-0.1, -0.05) is 0 Å². The Kier molecular flexibility index (Phi) is 4.65. The van der Waals surface area contributed by atoms with Crippen molar-refractivity contribution in [3.63, 3.8) is 0 Å². The molecule has 1 aromatic carbocycles. The predicted molar refractivity (Wildman–Crippen MR) is 109 cm³/mol. The highest BCUT2D eigenvalue weighted by molar-refractivity contribution is 6.24. The molecule has 2 fully saturated rings. The molecule has 32 heavy (non-hydrogen) atoms. The minimum absolute atomic E-state index is 0.0495. The number of piperidine rings is 1. The molecule has 1 saturated carbocycles. The second kappa shape index (κ2) is 7.40. The van der Waals surface area contributed by atoms with E-state index in [9.17, 15) is 24.0 Å². The Labute approximate surface area is 182 Å². The van der Waals surface area contributed by atoms with E-state index in [0.717, 1.165) is 29.1 Å². The van der Waals surface area contributed by atoms with E-state index >= 15 is 0 Å². The molecule has 10 heteroatoms. The number of nitrogens with one attached hydrogen (secondary N) is 2. The lowest BCUT2D eigenvalue weighted by Gasteiger charge is -2.27. The summed E-state index contributed by atoms with van der Waals surface area (Å²) in [5.41, 5.74) is 2.35. The monoisotopic (exact) mass is 435 g/mol. The van der Waals surface area contributed by atoms with Crippen LogP contribution in [0.25, 0.3) is 0 Å². The van der Waals surface area contributed by atoms with Crippen LogP contribution in [0.5, 0.6) is 0 Å². The number of carbonyl (C=O) groups is 5. The van der Waals surface area contributed by atoms with Crippen LogP contribution < -0.4 is 10.6 Å². The number of fused-ring (bicyclic) bond motifs is 1. The minimum atomic E-state index is -1.04.